The van der Waals surface area contributed by atoms with Crippen LogP contribution in [0.25, 0.3) is 0 Å². The lowest BCUT2D eigenvalue weighted by molar-refractivity contribution is -0.167. The van der Waals surface area contributed by atoms with Gasteiger partial charge in [-0.25, -0.2) is 0 Å². The van der Waals surface area contributed by atoms with Gasteiger partial charge in [0.2, 0.25) is 0 Å². The van der Waals surface area contributed by atoms with Crippen molar-refractivity contribution in [3.8, 4) is 0 Å². The summed E-state index contributed by atoms with van der Waals surface area (Å²) in [5.74, 6) is -0.861. The second kappa shape index (κ2) is 63.6. The summed E-state index contributed by atoms with van der Waals surface area (Å²) in [5, 5.41) is 0. The molecular formula is C69H124O6. The first kappa shape index (κ1) is 72.1. The van der Waals surface area contributed by atoms with Crippen molar-refractivity contribution in [2.45, 2.75) is 348 Å². The maximum Gasteiger partial charge on any atom is 0.306 e. The van der Waals surface area contributed by atoms with E-state index in [1.54, 1.807) is 0 Å². The highest BCUT2D eigenvalue weighted by Crippen LogP contribution is 2.17. The number of carbonyl (C=O) groups excluding carboxylic acids is 3. The van der Waals surface area contributed by atoms with Gasteiger partial charge in [-0.15, -0.1) is 0 Å². The minimum absolute atomic E-state index is 0.0717. The second-order valence-electron chi connectivity index (χ2n) is 22.0. The number of esters is 3. The fourth-order valence-electron chi connectivity index (χ4n) is 9.61. The molecule has 0 amide bonds. The van der Waals surface area contributed by atoms with Crippen molar-refractivity contribution in [2.75, 3.05) is 13.2 Å². The van der Waals surface area contributed by atoms with Gasteiger partial charge in [0.25, 0.3) is 0 Å². The van der Waals surface area contributed by atoms with E-state index in [4.69, 9.17) is 14.2 Å². The van der Waals surface area contributed by atoms with Crippen LogP contribution in [-0.4, -0.2) is 37.2 Å². The summed E-state index contributed by atoms with van der Waals surface area (Å²) < 4.78 is 16.9. The average Bonchev–Trinajstić information content (AvgIpc) is 3.41. The van der Waals surface area contributed by atoms with Crippen LogP contribution in [0.4, 0.5) is 0 Å². The summed E-state index contributed by atoms with van der Waals surface area (Å²) in [6, 6.07) is 0. The van der Waals surface area contributed by atoms with E-state index in [1.807, 2.05) is 0 Å². The fourth-order valence-corrected chi connectivity index (χ4v) is 9.61. The summed E-state index contributed by atoms with van der Waals surface area (Å²) in [5.41, 5.74) is 0. The minimum Gasteiger partial charge on any atom is -0.462 e. The molecule has 0 spiro atoms. The molecule has 0 fully saturated rings. The minimum atomic E-state index is -0.774. The molecule has 0 heterocycles. The Morgan fingerprint density at radius 1 is 0.280 bits per heavy atom. The molecule has 6 nitrogen and oxygen atoms in total. The quantitative estimate of drug-likeness (QED) is 0.0261. The molecule has 0 bridgehead atoms. The summed E-state index contributed by atoms with van der Waals surface area (Å²) in [7, 11) is 0. The van der Waals surface area contributed by atoms with E-state index in [1.165, 1.54) is 212 Å². The molecule has 0 aromatic rings. The van der Waals surface area contributed by atoms with Crippen LogP contribution in [0.3, 0.4) is 0 Å². The van der Waals surface area contributed by atoms with Gasteiger partial charge in [-0.3, -0.25) is 14.4 Å². The number of hydrogen-bond donors (Lipinski definition) is 0. The first-order valence-corrected chi connectivity index (χ1v) is 32.8. The lowest BCUT2D eigenvalue weighted by Gasteiger charge is -2.18. The summed E-state index contributed by atoms with van der Waals surface area (Å²) in [4.78, 5) is 38.2. The van der Waals surface area contributed by atoms with Crippen molar-refractivity contribution in [3.63, 3.8) is 0 Å². The van der Waals surface area contributed by atoms with E-state index in [9.17, 15) is 14.4 Å². The van der Waals surface area contributed by atoms with Crippen molar-refractivity contribution in [1.82, 2.24) is 0 Å². The number of carbonyl (C=O) groups is 3. The van der Waals surface area contributed by atoms with Crippen LogP contribution < -0.4 is 0 Å². The van der Waals surface area contributed by atoms with Crippen molar-refractivity contribution < 1.29 is 28.6 Å². The van der Waals surface area contributed by atoms with Crippen molar-refractivity contribution in [1.29, 1.82) is 0 Å². The van der Waals surface area contributed by atoms with Gasteiger partial charge in [0.05, 0.1) is 0 Å². The van der Waals surface area contributed by atoms with Crippen LogP contribution in [0.1, 0.15) is 342 Å². The molecular weight excluding hydrogens is 925 g/mol. The van der Waals surface area contributed by atoms with Gasteiger partial charge in [-0.1, -0.05) is 300 Å². The average molecular weight is 1050 g/mol. The Labute approximate surface area is 466 Å². The highest BCUT2D eigenvalue weighted by atomic mass is 16.6. The zero-order valence-corrected chi connectivity index (χ0v) is 50.1. The van der Waals surface area contributed by atoms with Gasteiger partial charge in [0.1, 0.15) is 13.2 Å². The van der Waals surface area contributed by atoms with Crippen LogP contribution in [-0.2, 0) is 28.6 Å². The normalized spacial score (nSPS) is 12.4. The smallest absolute Gasteiger partial charge is 0.306 e. The van der Waals surface area contributed by atoms with E-state index >= 15 is 0 Å². The largest absolute Gasteiger partial charge is 0.462 e. The number of allylic oxidation sites excluding steroid dienone is 10. The SMILES string of the molecule is CC/C=C\C/C=C\C/C=C\C/C=C\CCCCCCCCCCCCCCCCCCCCC(=O)OCC(COC(=O)CCCCCCCCCCCCCCC)OC(=O)CCCCCCC/C=C\CCCCCC. The molecule has 436 valence electrons. The number of ether oxygens (including phenoxy) is 3. The molecule has 0 aromatic carbocycles. The summed E-state index contributed by atoms with van der Waals surface area (Å²) >= 11 is 0. The Bertz CT molecular complexity index is 1340. The van der Waals surface area contributed by atoms with Crippen LogP contribution in [0.15, 0.2) is 60.8 Å². The van der Waals surface area contributed by atoms with Crippen LogP contribution in [0, 0.1) is 0 Å². The number of hydrogen-bond acceptors (Lipinski definition) is 6. The van der Waals surface area contributed by atoms with Gasteiger partial charge in [-0.05, 0) is 83.5 Å². The van der Waals surface area contributed by atoms with Gasteiger partial charge >= 0.3 is 17.9 Å². The van der Waals surface area contributed by atoms with Crippen LogP contribution >= 0.6 is 0 Å². The molecule has 0 N–H and O–H groups in total. The fraction of sp³-hybridized carbons (Fsp3) is 0.812. The Morgan fingerprint density at radius 3 is 0.840 bits per heavy atom. The van der Waals surface area contributed by atoms with E-state index < -0.39 is 6.10 Å². The second-order valence-corrected chi connectivity index (χ2v) is 22.0. The standard InChI is InChI=1S/C69H124O6/c1-4-7-10-13-16-19-22-25-26-27-28-29-30-31-32-33-34-35-36-37-38-39-40-41-42-45-47-50-53-56-59-62-68(71)74-65-66(75-69(72)63-60-57-54-51-48-44-24-21-18-15-12-9-6-3)64-73-67(70)61-58-55-52-49-46-43-23-20-17-14-11-8-5-2/h7,10,16,19,21,24-26,28-29,66H,4-6,8-9,11-15,17-18,20,22-23,27,30-65H2,1-3H3/b10-7-,19-16-,24-21-,26-25-,29-28-. The Kier molecular flexibility index (Phi) is 61.2. The summed E-state index contributed by atoms with van der Waals surface area (Å²) in [6.45, 7) is 6.55. The molecule has 0 aliphatic heterocycles. The molecule has 0 aromatic heterocycles. The van der Waals surface area contributed by atoms with Gasteiger partial charge in [0, 0.05) is 19.3 Å². The van der Waals surface area contributed by atoms with Crippen LogP contribution in [0.5, 0.6) is 0 Å². The molecule has 6 heteroatoms. The molecule has 0 radical (unpaired) electrons. The highest BCUT2D eigenvalue weighted by Gasteiger charge is 2.19. The molecule has 1 atom stereocenters. The highest BCUT2D eigenvalue weighted by molar-refractivity contribution is 5.71. The molecule has 0 saturated carbocycles. The molecule has 75 heavy (non-hydrogen) atoms. The summed E-state index contributed by atoms with van der Waals surface area (Å²) in [6.07, 6.45) is 81.0. The topological polar surface area (TPSA) is 78.9 Å². The molecule has 0 rings (SSSR count). The molecule has 0 aliphatic rings. The van der Waals surface area contributed by atoms with Gasteiger partial charge in [0.15, 0.2) is 6.10 Å². The zero-order chi connectivity index (χ0) is 54.3. The Hall–Kier alpha value is -2.89. The van der Waals surface area contributed by atoms with Gasteiger partial charge < -0.3 is 14.2 Å². The molecule has 1 unspecified atom stereocenters. The Balaban J connectivity index is 4.11. The van der Waals surface area contributed by atoms with E-state index in [2.05, 4.69) is 81.5 Å². The van der Waals surface area contributed by atoms with E-state index in [0.29, 0.717) is 19.3 Å². The first-order valence-electron chi connectivity index (χ1n) is 32.8. The first-order chi connectivity index (χ1) is 37.0. The van der Waals surface area contributed by atoms with Crippen LogP contribution in [0.2, 0.25) is 0 Å². The zero-order valence-electron chi connectivity index (χ0n) is 50.1. The molecule has 0 aliphatic carbocycles. The molecule has 0 saturated heterocycles. The maximum absolute atomic E-state index is 12.9. The predicted molar refractivity (Wildman–Crippen MR) is 325 cm³/mol. The monoisotopic (exact) mass is 1050 g/mol. The Morgan fingerprint density at radius 2 is 0.520 bits per heavy atom. The van der Waals surface area contributed by atoms with Crippen molar-refractivity contribution in [3.05, 3.63) is 60.8 Å². The lowest BCUT2D eigenvalue weighted by Crippen LogP contribution is -2.30. The van der Waals surface area contributed by atoms with E-state index in [0.717, 1.165) is 89.9 Å². The number of unbranched alkanes of at least 4 members (excludes halogenated alkanes) is 39. The lowest BCUT2D eigenvalue weighted by atomic mass is 10.0. The van der Waals surface area contributed by atoms with Crippen molar-refractivity contribution in [2.24, 2.45) is 0 Å². The van der Waals surface area contributed by atoms with Crippen molar-refractivity contribution >= 4 is 17.9 Å². The third kappa shape index (κ3) is 61.8. The third-order valence-corrected chi connectivity index (χ3v) is 14.5. The van der Waals surface area contributed by atoms with Gasteiger partial charge in [-0.2, -0.15) is 0 Å². The third-order valence-electron chi connectivity index (χ3n) is 14.5. The number of rotatable bonds is 60. The maximum atomic E-state index is 12.9. The van der Waals surface area contributed by atoms with E-state index in [-0.39, 0.29) is 31.1 Å². The predicted octanol–water partition coefficient (Wildman–Crippen LogP) is 22.3.